The lowest BCUT2D eigenvalue weighted by Gasteiger charge is -2.18. The molecule has 0 rings (SSSR count). The molecule has 0 radical (unpaired) electrons. The molecule has 0 aromatic carbocycles. The van der Waals surface area contributed by atoms with Gasteiger partial charge in [-0.25, -0.2) is 0 Å². The van der Waals surface area contributed by atoms with E-state index in [0.717, 1.165) is 18.9 Å². The highest BCUT2D eigenvalue weighted by Gasteiger charge is 2.07. The molecule has 0 aromatic heterocycles. The molecule has 0 bridgehead atoms. The van der Waals surface area contributed by atoms with Crippen molar-refractivity contribution in [2.45, 2.75) is 78.4 Å². The molecule has 0 spiro atoms. The van der Waals surface area contributed by atoms with Gasteiger partial charge in [0.05, 0.1) is 12.7 Å². The van der Waals surface area contributed by atoms with Crippen LogP contribution in [0.3, 0.4) is 0 Å². The number of ether oxygens (including phenoxy) is 1. The van der Waals surface area contributed by atoms with Crippen LogP contribution in [0.2, 0.25) is 0 Å². The zero-order valence-corrected chi connectivity index (χ0v) is 13.5. The third-order valence-electron chi connectivity index (χ3n) is 3.33. The van der Waals surface area contributed by atoms with Gasteiger partial charge in [-0.3, -0.25) is 0 Å². The summed E-state index contributed by atoms with van der Waals surface area (Å²) in [5.41, 5.74) is 0. The molecule has 0 aromatic rings. The molecule has 0 saturated heterocycles. The summed E-state index contributed by atoms with van der Waals surface area (Å²) in [6, 6.07) is 0.474. The fourth-order valence-corrected chi connectivity index (χ4v) is 1.93. The maximum Gasteiger partial charge on any atom is 0.0897 e. The second-order valence-electron chi connectivity index (χ2n) is 6.07. The van der Waals surface area contributed by atoms with Gasteiger partial charge in [0.1, 0.15) is 0 Å². The van der Waals surface area contributed by atoms with Gasteiger partial charge in [-0.05, 0) is 32.1 Å². The molecular weight excluding hydrogens is 238 g/mol. The van der Waals surface area contributed by atoms with Gasteiger partial charge < -0.3 is 15.2 Å². The van der Waals surface area contributed by atoms with E-state index in [4.69, 9.17) is 4.74 Å². The third kappa shape index (κ3) is 14.1. The Balaban J connectivity index is 3.35. The Hall–Kier alpha value is -0.120. The Morgan fingerprint density at radius 2 is 1.79 bits per heavy atom. The zero-order valence-electron chi connectivity index (χ0n) is 13.5. The van der Waals surface area contributed by atoms with Crippen LogP contribution in [-0.2, 0) is 4.74 Å². The molecule has 0 aliphatic rings. The quantitative estimate of drug-likeness (QED) is 0.506. The number of nitrogens with one attached hydrogen (secondary N) is 1. The number of unbranched alkanes of at least 4 members (excludes halogenated alkanes) is 3. The summed E-state index contributed by atoms with van der Waals surface area (Å²) < 4.78 is 5.48. The Kier molecular flexibility index (Phi) is 12.8. The minimum atomic E-state index is -0.382. The van der Waals surface area contributed by atoms with Gasteiger partial charge in [0.25, 0.3) is 0 Å². The maximum absolute atomic E-state index is 9.79. The maximum atomic E-state index is 9.79. The molecule has 0 aliphatic heterocycles. The summed E-state index contributed by atoms with van der Waals surface area (Å²) in [6.07, 6.45) is 6.89. The first kappa shape index (κ1) is 18.9. The van der Waals surface area contributed by atoms with Gasteiger partial charge in [-0.15, -0.1) is 0 Å². The topological polar surface area (TPSA) is 41.5 Å². The van der Waals surface area contributed by atoms with E-state index in [-0.39, 0.29) is 6.10 Å². The molecule has 2 unspecified atom stereocenters. The third-order valence-corrected chi connectivity index (χ3v) is 3.33. The average molecular weight is 273 g/mol. The van der Waals surface area contributed by atoms with Crippen LogP contribution in [0.5, 0.6) is 0 Å². The van der Waals surface area contributed by atoms with E-state index in [1.807, 2.05) is 0 Å². The molecule has 0 aliphatic carbocycles. The van der Waals surface area contributed by atoms with Crippen molar-refractivity contribution >= 4 is 0 Å². The summed E-state index contributed by atoms with van der Waals surface area (Å²) in [4.78, 5) is 0. The van der Waals surface area contributed by atoms with Crippen LogP contribution in [-0.4, -0.2) is 37.0 Å². The lowest BCUT2D eigenvalue weighted by molar-refractivity contribution is 0.0342. The van der Waals surface area contributed by atoms with Crippen LogP contribution < -0.4 is 5.32 Å². The van der Waals surface area contributed by atoms with Gasteiger partial charge >= 0.3 is 0 Å². The first-order valence-corrected chi connectivity index (χ1v) is 8.05. The number of aliphatic hydroxyl groups excluding tert-OH is 1. The molecular formula is C16H35NO2. The molecule has 19 heavy (non-hydrogen) atoms. The summed E-state index contributed by atoms with van der Waals surface area (Å²) in [5, 5.41) is 13.2. The van der Waals surface area contributed by atoms with Crippen molar-refractivity contribution in [3.8, 4) is 0 Å². The van der Waals surface area contributed by atoms with Gasteiger partial charge in [0.2, 0.25) is 0 Å². The molecule has 3 nitrogen and oxygen atoms in total. The average Bonchev–Trinajstić information content (AvgIpc) is 2.38. The van der Waals surface area contributed by atoms with Crippen LogP contribution >= 0.6 is 0 Å². The second-order valence-corrected chi connectivity index (χ2v) is 6.07. The van der Waals surface area contributed by atoms with Gasteiger partial charge in [0.15, 0.2) is 0 Å². The van der Waals surface area contributed by atoms with Crippen LogP contribution in [0.1, 0.15) is 66.2 Å². The Morgan fingerprint density at radius 3 is 2.42 bits per heavy atom. The van der Waals surface area contributed by atoms with Crippen molar-refractivity contribution in [1.29, 1.82) is 0 Å². The summed E-state index contributed by atoms with van der Waals surface area (Å²) in [5.74, 6) is 0.751. The van der Waals surface area contributed by atoms with E-state index in [0.29, 0.717) is 19.2 Å². The lowest BCUT2D eigenvalue weighted by atomic mass is 10.0. The molecule has 116 valence electrons. The van der Waals surface area contributed by atoms with E-state index in [1.165, 1.54) is 32.1 Å². The first-order valence-electron chi connectivity index (χ1n) is 8.05. The number of hydrogen-bond donors (Lipinski definition) is 2. The van der Waals surface area contributed by atoms with Crippen molar-refractivity contribution in [3.05, 3.63) is 0 Å². The second kappa shape index (κ2) is 12.9. The summed E-state index contributed by atoms with van der Waals surface area (Å²) in [7, 11) is 0. The predicted molar refractivity (Wildman–Crippen MR) is 82.5 cm³/mol. The Bertz CT molecular complexity index is 186. The number of hydrogen-bond acceptors (Lipinski definition) is 3. The first-order chi connectivity index (χ1) is 9.06. The SMILES string of the molecule is CCCCCCOCC(O)CNC(C)CCC(C)C. The van der Waals surface area contributed by atoms with Crippen molar-refractivity contribution in [2.75, 3.05) is 19.8 Å². The van der Waals surface area contributed by atoms with Crippen LogP contribution in [0.4, 0.5) is 0 Å². The smallest absolute Gasteiger partial charge is 0.0897 e. The van der Waals surface area contributed by atoms with Crippen molar-refractivity contribution in [2.24, 2.45) is 5.92 Å². The highest BCUT2D eigenvalue weighted by atomic mass is 16.5. The standard InChI is InChI=1S/C16H35NO2/c1-5-6-7-8-11-19-13-16(18)12-17-15(4)10-9-14(2)3/h14-18H,5-13H2,1-4H3. The van der Waals surface area contributed by atoms with Crippen LogP contribution in [0.25, 0.3) is 0 Å². The summed E-state index contributed by atoms with van der Waals surface area (Å²) >= 11 is 0. The van der Waals surface area contributed by atoms with Crippen LogP contribution in [0.15, 0.2) is 0 Å². The van der Waals surface area contributed by atoms with E-state index < -0.39 is 0 Å². The fraction of sp³-hybridized carbons (Fsp3) is 1.00. The van der Waals surface area contributed by atoms with Gasteiger partial charge in [-0.1, -0.05) is 40.0 Å². The molecule has 0 amide bonds. The van der Waals surface area contributed by atoms with Crippen LogP contribution in [0, 0.1) is 5.92 Å². The lowest BCUT2D eigenvalue weighted by Crippen LogP contribution is -2.36. The summed E-state index contributed by atoms with van der Waals surface area (Å²) in [6.45, 7) is 10.7. The Labute approximate surface area is 120 Å². The zero-order chi connectivity index (χ0) is 14.5. The largest absolute Gasteiger partial charge is 0.389 e. The highest BCUT2D eigenvalue weighted by Crippen LogP contribution is 2.06. The molecule has 2 atom stereocenters. The molecule has 0 fully saturated rings. The minimum Gasteiger partial charge on any atom is -0.389 e. The van der Waals surface area contributed by atoms with Gasteiger partial charge in [-0.2, -0.15) is 0 Å². The molecule has 0 saturated carbocycles. The van der Waals surface area contributed by atoms with E-state index in [9.17, 15) is 5.11 Å². The minimum absolute atomic E-state index is 0.382. The monoisotopic (exact) mass is 273 g/mol. The molecule has 2 N–H and O–H groups in total. The van der Waals surface area contributed by atoms with E-state index >= 15 is 0 Å². The predicted octanol–water partition coefficient (Wildman–Crippen LogP) is 3.36. The highest BCUT2D eigenvalue weighted by molar-refractivity contribution is 4.66. The number of aliphatic hydroxyl groups is 1. The normalized spacial score (nSPS) is 14.8. The van der Waals surface area contributed by atoms with Crippen molar-refractivity contribution in [3.63, 3.8) is 0 Å². The fourth-order valence-electron chi connectivity index (χ4n) is 1.93. The van der Waals surface area contributed by atoms with Gasteiger partial charge in [0, 0.05) is 19.2 Å². The van der Waals surface area contributed by atoms with E-state index in [2.05, 4.69) is 33.0 Å². The Morgan fingerprint density at radius 1 is 1.05 bits per heavy atom. The molecule has 0 heterocycles. The number of rotatable bonds is 13. The van der Waals surface area contributed by atoms with Crippen molar-refractivity contribution < 1.29 is 9.84 Å². The van der Waals surface area contributed by atoms with E-state index in [1.54, 1.807) is 0 Å². The molecule has 3 heteroatoms. The van der Waals surface area contributed by atoms with Crippen molar-refractivity contribution in [1.82, 2.24) is 5.32 Å².